The van der Waals surface area contributed by atoms with Crippen LogP contribution in [0.2, 0.25) is 0 Å². The normalized spacial score (nSPS) is 22.8. The first-order chi connectivity index (χ1) is 12.4. The van der Waals surface area contributed by atoms with Crippen molar-refractivity contribution in [3.8, 4) is 5.69 Å². The molecule has 8 nitrogen and oxygen atoms in total. The topological polar surface area (TPSA) is 77.3 Å². The molecule has 8 heteroatoms. The molecule has 0 radical (unpaired) electrons. The summed E-state index contributed by atoms with van der Waals surface area (Å²) in [4.78, 5) is 2.51. The molecule has 0 aliphatic carbocycles. The molecule has 1 aromatic carbocycles. The number of nitrogens with one attached hydrogen (secondary N) is 1. The minimum Gasteiger partial charge on any atom is -0.381 e. The summed E-state index contributed by atoms with van der Waals surface area (Å²) < 4.78 is 12.9. The van der Waals surface area contributed by atoms with Crippen molar-refractivity contribution in [2.24, 2.45) is 5.92 Å². The van der Waals surface area contributed by atoms with E-state index >= 15 is 0 Å². The molecule has 25 heavy (non-hydrogen) atoms. The minimum atomic E-state index is 0.396. The number of nitrogens with zero attached hydrogens (tertiary/aromatic N) is 5. The van der Waals surface area contributed by atoms with E-state index in [1.165, 1.54) is 0 Å². The van der Waals surface area contributed by atoms with Crippen LogP contribution in [0.15, 0.2) is 30.3 Å². The molecule has 2 fully saturated rings. The largest absolute Gasteiger partial charge is 0.381 e. The highest BCUT2D eigenvalue weighted by atomic mass is 16.5. The molecule has 2 aliphatic heterocycles. The summed E-state index contributed by atoms with van der Waals surface area (Å²) in [6.07, 6.45) is 1.10. The predicted molar refractivity (Wildman–Crippen MR) is 92.7 cm³/mol. The lowest BCUT2D eigenvalue weighted by molar-refractivity contribution is 0.00457. The minimum absolute atomic E-state index is 0.396. The molecule has 0 amide bonds. The van der Waals surface area contributed by atoms with E-state index in [1.54, 1.807) is 4.68 Å². The van der Waals surface area contributed by atoms with E-state index in [4.69, 9.17) is 9.47 Å². The average Bonchev–Trinajstić information content (AvgIpc) is 3.36. The standard InChI is InChI=1S/C17H24N6O2/c1-2-4-15(5-3-1)23-17(19-20-21-23)18-12-16(14-6-9-25-13-14)22-7-10-24-11-8-22/h1-5,14,16H,6-13H2,(H,18,19,21)/t14-,16+/m0/s1. The smallest absolute Gasteiger partial charge is 0.247 e. The first-order valence-electron chi connectivity index (χ1n) is 8.89. The van der Waals surface area contributed by atoms with Crippen LogP contribution >= 0.6 is 0 Å². The summed E-state index contributed by atoms with van der Waals surface area (Å²) in [6, 6.07) is 10.3. The molecule has 2 aliphatic rings. The number of morpholine rings is 1. The third kappa shape index (κ3) is 3.81. The number of para-hydroxylation sites is 1. The fraction of sp³-hybridized carbons (Fsp3) is 0.588. The van der Waals surface area contributed by atoms with Crippen LogP contribution in [-0.4, -0.2) is 77.2 Å². The Kier molecular flexibility index (Phi) is 5.19. The molecule has 1 aromatic heterocycles. The van der Waals surface area contributed by atoms with Crippen molar-refractivity contribution >= 4 is 5.95 Å². The number of benzene rings is 1. The summed E-state index contributed by atoms with van der Waals surface area (Å²) in [6.45, 7) is 6.00. The molecule has 3 heterocycles. The molecular formula is C17H24N6O2. The number of tetrazole rings is 1. The van der Waals surface area contributed by atoms with Crippen LogP contribution in [0.5, 0.6) is 0 Å². The second-order valence-electron chi connectivity index (χ2n) is 6.47. The van der Waals surface area contributed by atoms with Crippen molar-refractivity contribution in [1.29, 1.82) is 0 Å². The maximum Gasteiger partial charge on any atom is 0.247 e. The van der Waals surface area contributed by atoms with Crippen molar-refractivity contribution in [3.63, 3.8) is 0 Å². The number of rotatable bonds is 6. The van der Waals surface area contributed by atoms with Crippen LogP contribution in [0.1, 0.15) is 6.42 Å². The van der Waals surface area contributed by atoms with Gasteiger partial charge in [0.2, 0.25) is 5.95 Å². The molecule has 0 spiro atoms. The summed E-state index contributed by atoms with van der Waals surface area (Å²) in [5.74, 6) is 1.20. The molecule has 1 N–H and O–H groups in total. The van der Waals surface area contributed by atoms with E-state index in [-0.39, 0.29) is 0 Å². The molecule has 0 saturated carbocycles. The van der Waals surface area contributed by atoms with Gasteiger partial charge in [0.15, 0.2) is 0 Å². The third-order valence-electron chi connectivity index (χ3n) is 4.96. The first kappa shape index (κ1) is 16.4. The highest BCUT2D eigenvalue weighted by Crippen LogP contribution is 2.23. The Bertz CT molecular complexity index is 652. The van der Waals surface area contributed by atoms with Gasteiger partial charge in [-0.3, -0.25) is 4.90 Å². The SMILES string of the molecule is c1ccc(-n2nnnc2NC[C@H]([C@H]2CCOC2)N2CCOCC2)cc1. The van der Waals surface area contributed by atoms with Gasteiger partial charge in [0.25, 0.3) is 0 Å². The lowest BCUT2D eigenvalue weighted by Gasteiger charge is -2.37. The quantitative estimate of drug-likeness (QED) is 0.831. The van der Waals surface area contributed by atoms with E-state index in [0.717, 1.165) is 58.2 Å². The molecular weight excluding hydrogens is 320 g/mol. The van der Waals surface area contributed by atoms with E-state index in [2.05, 4.69) is 25.7 Å². The van der Waals surface area contributed by atoms with Crippen molar-refractivity contribution in [3.05, 3.63) is 30.3 Å². The van der Waals surface area contributed by atoms with Crippen molar-refractivity contribution < 1.29 is 9.47 Å². The van der Waals surface area contributed by atoms with Gasteiger partial charge in [0, 0.05) is 38.2 Å². The van der Waals surface area contributed by atoms with Gasteiger partial charge in [-0.2, -0.15) is 4.68 Å². The van der Waals surface area contributed by atoms with Gasteiger partial charge < -0.3 is 14.8 Å². The zero-order valence-corrected chi connectivity index (χ0v) is 14.3. The Hall–Kier alpha value is -2.03. The van der Waals surface area contributed by atoms with Gasteiger partial charge >= 0.3 is 0 Å². The zero-order valence-electron chi connectivity index (χ0n) is 14.3. The van der Waals surface area contributed by atoms with Gasteiger partial charge in [-0.05, 0) is 29.0 Å². The monoisotopic (exact) mass is 344 g/mol. The lowest BCUT2D eigenvalue weighted by Crippen LogP contribution is -2.50. The number of anilines is 1. The Morgan fingerprint density at radius 1 is 1.12 bits per heavy atom. The van der Waals surface area contributed by atoms with E-state index < -0.39 is 0 Å². The molecule has 4 rings (SSSR count). The Balaban J connectivity index is 1.47. The average molecular weight is 344 g/mol. The Morgan fingerprint density at radius 3 is 2.72 bits per heavy atom. The first-order valence-corrected chi connectivity index (χ1v) is 8.89. The number of aromatic nitrogens is 4. The molecule has 2 aromatic rings. The second kappa shape index (κ2) is 7.90. The highest BCUT2D eigenvalue weighted by Gasteiger charge is 2.31. The fourth-order valence-corrected chi connectivity index (χ4v) is 3.60. The van der Waals surface area contributed by atoms with Gasteiger partial charge in [-0.15, -0.1) is 0 Å². The van der Waals surface area contributed by atoms with Gasteiger partial charge in [0.05, 0.1) is 25.5 Å². The highest BCUT2D eigenvalue weighted by molar-refractivity contribution is 5.38. The Labute approximate surface area is 147 Å². The number of hydrogen-bond donors (Lipinski definition) is 1. The number of ether oxygens (including phenoxy) is 2. The molecule has 134 valence electrons. The lowest BCUT2D eigenvalue weighted by atomic mass is 9.97. The fourth-order valence-electron chi connectivity index (χ4n) is 3.60. The molecule has 0 unspecified atom stereocenters. The summed E-state index contributed by atoms with van der Waals surface area (Å²) in [7, 11) is 0. The predicted octanol–water partition coefficient (Wildman–Crippen LogP) is 0.812. The van der Waals surface area contributed by atoms with Crippen LogP contribution in [0, 0.1) is 5.92 Å². The maximum absolute atomic E-state index is 5.63. The van der Waals surface area contributed by atoms with E-state index in [1.807, 2.05) is 30.3 Å². The zero-order chi connectivity index (χ0) is 16.9. The van der Waals surface area contributed by atoms with Gasteiger partial charge in [0.1, 0.15) is 0 Å². The summed E-state index contributed by atoms with van der Waals surface area (Å²) in [5, 5.41) is 15.5. The summed E-state index contributed by atoms with van der Waals surface area (Å²) in [5.41, 5.74) is 0.946. The number of hydrogen-bond acceptors (Lipinski definition) is 7. The van der Waals surface area contributed by atoms with Gasteiger partial charge in [-0.25, -0.2) is 0 Å². The van der Waals surface area contributed by atoms with Crippen LogP contribution in [-0.2, 0) is 9.47 Å². The van der Waals surface area contributed by atoms with Crippen molar-refractivity contribution in [2.45, 2.75) is 12.5 Å². The van der Waals surface area contributed by atoms with Crippen LogP contribution in [0.25, 0.3) is 5.69 Å². The van der Waals surface area contributed by atoms with E-state index in [9.17, 15) is 0 Å². The van der Waals surface area contributed by atoms with Crippen LogP contribution < -0.4 is 5.32 Å². The maximum atomic E-state index is 5.63. The van der Waals surface area contributed by atoms with Crippen molar-refractivity contribution in [1.82, 2.24) is 25.1 Å². The van der Waals surface area contributed by atoms with Crippen molar-refractivity contribution in [2.75, 3.05) is 51.4 Å². The van der Waals surface area contributed by atoms with Crippen LogP contribution in [0.3, 0.4) is 0 Å². The third-order valence-corrected chi connectivity index (χ3v) is 4.96. The second-order valence-corrected chi connectivity index (χ2v) is 6.47. The Morgan fingerprint density at radius 2 is 1.96 bits per heavy atom. The molecule has 2 saturated heterocycles. The molecule has 2 atom stereocenters. The summed E-state index contributed by atoms with van der Waals surface area (Å²) >= 11 is 0. The molecule has 0 bridgehead atoms. The van der Waals surface area contributed by atoms with Crippen LogP contribution in [0.4, 0.5) is 5.95 Å². The van der Waals surface area contributed by atoms with Gasteiger partial charge in [-0.1, -0.05) is 23.3 Å². The van der Waals surface area contributed by atoms with E-state index in [0.29, 0.717) is 17.9 Å².